The van der Waals surface area contributed by atoms with Crippen LogP contribution in [0.2, 0.25) is 0 Å². The Balaban J connectivity index is 2.04. The lowest BCUT2D eigenvalue weighted by Gasteiger charge is -2.24. The number of hydrogen-bond acceptors (Lipinski definition) is 6. The molecule has 0 bridgehead atoms. The van der Waals surface area contributed by atoms with Gasteiger partial charge in [0.25, 0.3) is 0 Å². The molecular weight excluding hydrogens is 198 g/mol. The molecule has 1 aromatic heterocycles. The predicted molar refractivity (Wildman–Crippen MR) is 52.3 cm³/mol. The summed E-state index contributed by atoms with van der Waals surface area (Å²) in [6.07, 6.45) is 0. The van der Waals surface area contributed by atoms with Crippen molar-refractivity contribution in [1.29, 1.82) is 0 Å². The van der Waals surface area contributed by atoms with E-state index in [4.69, 9.17) is 4.42 Å². The van der Waals surface area contributed by atoms with Gasteiger partial charge in [-0.1, -0.05) is 5.10 Å². The summed E-state index contributed by atoms with van der Waals surface area (Å²) in [4.78, 5) is 12.9. The van der Waals surface area contributed by atoms with Gasteiger partial charge in [-0.15, -0.1) is 5.10 Å². The number of carbonyl (C=O) groups is 1. The van der Waals surface area contributed by atoms with Gasteiger partial charge in [0.1, 0.15) is 6.54 Å². The first-order valence-corrected chi connectivity index (χ1v) is 4.78. The fourth-order valence-electron chi connectivity index (χ4n) is 1.40. The Morgan fingerprint density at radius 2 is 2.47 bits per heavy atom. The number of amides is 1. The third-order valence-corrected chi connectivity index (χ3v) is 2.09. The summed E-state index contributed by atoms with van der Waals surface area (Å²) < 4.78 is 5.37. The van der Waals surface area contributed by atoms with Crippen LogP contribution in [0, 0.1) is 0 Å². The van der Waals surface area contributed by atoms with Gasteiger partial charge in [0.2, 0.25) is 11.8 Å². The quantitative estimate of drug-likeness (QED) is 0.648. The Bertz CT molecular complexity index is 351. The van der Waals surface area contributed by atoms with Crippen molar-refractivity contribution in [3.05, 3.63) is 5.89 Å². The van der Waals surface area contributed by atoms with Crippen LogP contribution in [0.25, 0.3) is 0 Å². The maximum absolute atomic E-state index is 11.1. The molecule has 0 aliphatic carbocycles. The molecule has 1 amide bonds. The molecule has 0 atom stereocenters. The van der Waals surface area contributed by atoms with Crippen molar-refractivity contribution in [1.82, 2.24) is 20.8 Å². The largest absolute Gasteiger partial charge is 0.407 e. The Labute approximate surface area is 86.8 Å². The van der Waals surface area contributed by atoms with Crippen molar-refractivity contribution >= 4 is 11.9 Å². The first kappa shape index (κ1) is 9.91. The zero-order valence-corrected chi connectivity index (χ0v) is 8.49. The average molecular weight is 211 g/mol. The molecule has 1 aliphatic rings. The molecule has 1 fully saturated rings. The lowest BCUT2D eigenvalue weighted by Crippen LogP contribution is -2.47. The zero-order valence-electron chi connectivity index (χ0n) is 8.49. The van der Waals surface area contributed by atoms with E-state index in [-0.39, 0.29) is 12.5 Å². The highest BCUT2D eigenvalue weighted by Crippen LogP contribution is 2.12. The van der Waals surface area contributed by atoms with E-state index in [2.05, 4.69) is 20.8 Å². The third kappa shape index (κ3) is 2.24. The molecule has 1 aliphatic heterocycles. The van der Waals surface area contributed by atoms with Gasteiger partial charge < -0.3 is 20.0 Å². The molecule has 2 N–H and O–H groups in total. The van der Waals surface area contributed by atoms with Crippen molar-refractivity contribution in [2.45, 2.75) is 6.54 Å². The highest BCUT2D eigenvalue weighted by atomic mass is 16.4. The smallest absolute Gasteiger partial charge is 0.318 e. The first-order chi connectivity index (χ1) is 7.29. The number of piperazine rings is 1. The molecule has 0 saturated carbocycles. The van der Waals surface area contributed by atoms with Crippen LogP contribution in [0.4, 0.5) is 6.01 Å². The van der Waals surface area contributed by atoms with Crippen molar-refractivity contribution in [2.75, 3.05) is 31.6 Å². The highest BCUT2D eigenvalue weighted by Gasteiger charge is 2.20. The zero-order chi connectivity index (χ0) is 10.7. The van der Waals surface area contributed by atoms with Gasteiger partial charge in [-0.2, -0.15) is 0 Å². The number of anilines is 1. The molecule has 15 heavy (non-hydrogen) atoms. The molecule has 1 saturated heterocycles. The standard InChI is InChI=1S/C8H13N5O2/c1-9-4-7-11-12-8(15-7)13-3-2-10-6(14)5-13/h9H,2-5H2,1H3,(H,10,14). The second kappa shape index (κ2) is 4.26. The van der Waals surface area contributed by atoms with Gasteiger partial charge in [-0.25, -0.2) is 0 Å². The minimum atomic E-state index is -0.0189. The Morgan fingerprint density at radius 3 is 3.20 bits per heavy atom. The number of nitrogens with one attached hydrogen (secondary N) is 2. The van der Waals surface area contributed by atoms with E-state index in [1.165, 1.54) is 0 Å². The van der Waals surface area contributed by atoms with Crippen LogP contribution in [0.15, 0.2) is 4.42 Å². The lowest BCUT2D eigenvalue weighted by atomic mass is 10.4. The summed E-state index contributed by atoms with van der Waals surface area (Å²) in [5.74, 6) is 0.507. The van der Waals surface area contributed by atoms with Crippen molar-refractivity contribution in [3.8, 4) is 0 Å². The summed E-state index contributed by atoms with van der Waals surface area (Å²) in [5, 5.41) is 13.4. The maximum Gasteiger partial charge on any atom is 0.318 e. The predicted octanol–water partition coefficient (Wildman–Crippen LogP) is -1.27. The van der Waals surface area contributed by atoms with Gasteiger partial charge in [0, 0.05) is 13.1 Å². The van der Waals surface area contributed by atoms with E-state index in [0.717, 1.165) is 0 Å². The van der Waals surface area contributed by atoms with E-state index in [0.29, 0.717) is 31.5 Å². The van der Waals surface area contributed by atoms with Crippen LogP contribution in [-0.2, 0) is 11.3 Å². The fraction of sp³-hybridized carbons (Fsp3) is 0.625. The molecule has 7 nitrogen and oxygen atoms in total. The van der Waals surface area contributed by atoms with Gasteiger partial charge in [-0.3, -0.25) is 4.79 Å². The molecular formula is C8H13N5O2. The molecule has 2 rings (SSSR count). The molecule has 82 valence electrons. The van der Waals surface area contributed by atoms with Crippen molar-refractivity contribution < 1.29 is 9.21 Å². The molecule has 0 aromatic carbocycles. The highest BCUT2D eigenvalue weighted by molar-refractivity contribution is 5.81. The second-order valence-electron chi connectivity index (χ2n) is 3.28. The van der Waals surface area contributed by atoms with Crippen molar-refractivity contribution in [2.24, 2.45) is 0 Å². The molecule has 2 heterocycles. The molecule has 0 spiro atoms. The molecule has 7 heteroatoms. The average Bonchev–Trinajstić information content (AvgIpc) is 2.67. The summed E-state index contributed by atoms with van der Waals surface area (Å²) in [7, 11) is 1.80. The van der Waals surface area contributed by atoms with E-state index < -0.39 is 0 Å². The minimum Gasteiger partial charge on any atom is -0.407 e. The topological polar surface area (TPSA) is 83.3 Å². The second-order valence-corrected chi connectivity index (χ2v) is 3.28. The minimum absolute atomic E-state index is 0.0189. The summed E-state index contributed by atoms with van der Waals surface area (Å²) in [6.45, 7) is 2.13. The van der Waals surface area contributed by atoms with E-state index >= 15 is 0 Å². The van der Waals surface area contributed by atoms with Crippen LogP contribution in [0.3, 0.4) is 0 Å². The number of nitrogens with zero attached hydrogens (tertiary/aromatic N) is 3. The lowest BCUT2D eigenvalue weighted by molar-refractivity contribution is -0.120. The maximum atomic E-state index is 11.1. The van der Waals surface area contributed by atoms with Crippen molar-refractivity contribution in [3.63, 3.8) is 0 Å². The number of hydrogen-bond donors (Lipinski definition) is 2. The van der Waals surface area contributed by atoms with E-state index in [1.807, 2.05) is 0 Å². The molecule has 1 aromatic rings. The van der Waals surface area contributed by atoms with Gasteiger partial charge in [-0.05, 0) is 7.05 Å². The summed E-state index contributed by atoms with van der Waals surface area (Å²) >= 11 is 0. The fourth-order valence-corrected chi connectivity index (χ4v) is 1.40. The first-order valence-electron chi connectivity index (χ1n) is 4.78. The Morgan fingerprint density at radius 1 is 1.60 bits per heavy atom. The van der Waals surface area contributed by atoms with Gasteiger partial charge in [0.15, 0.2) is 0 Å². The monoisotopic (exact) mass is 211 g/mol. The molecule has 0 unspecified atom stereocenters. The third-order valence-electron chi connectivity index (χ3n) is 2.09. The Hall–Kier alpha value is -1.63. The summed E-state index contributed by atoms with van der Waals surface area (Å²) in [5.41, 5.74) is 0. The van der Waals surface area contributed by atoms with E-state index in [9.17, 15) is 4.79 Å². The van der Waals surface area contributed by atoms with Crippen LogP contribution < -0.4 is 15.5 Å². The van der Waals surface area contributed by atoms with Gasteiger partial charge >= 0.3 is 6.01 Å². The van der Waals surface area contributed by atoms with Crippen LogP contribution in [0.5, 0.6) is 0 Å². The SMILES string of the molecule is CNCc1nnc(N2CCNC(=O)C2)o1. The van der Waals surface area contributed by atoms with Crippen LogP contribution in [-0.4, -0.2) is 42.8 Å². The molecule has 0 radical (unpaired) electrons. The van der Waals surface area contributed by atoms with Crippen LogP contribution in [0.1, 0.15) is 5.89 Å². The van der Waals surface area contributed by atoms with Crippen LogP contribution >= 0.6 is 0 Å². The Kier molecular flexibility index (Phi) is 2.82. The van der Waals surface area contributed by atoms with Gasteiger partial charge in [0.05, 0.1) is 6.54 Å². The number of carbonyl (C=O) groups excluding carboxylic acids is 1. The number of aromatic nitrogens is 2. The normalized spacial score (nSPS) is 16.6. The number of rotatable bonds is 3. The summed E-state index contributed by atoms with van der Waals surface area (Å²) in [6, 6.07) is 0.412. The van der Waals surface area contributed by atoms with E-state index in [1.54, 1.807) is 11.9 Å².